The van der Waals surface area contributed by atoms with E-state index in [1.807, 2.05) is 17.5 Å². The third-order valence-corrected chi connectivity index (χ3v) is 7.33. The summed E-state index contributed by atoms with van der Waals surface area (Å²) in [5, 5.41) is 15.8. The summed E-state index contributed by atoms with van der Waals surface area (Å²) < 4.78 is 0. The number of carbonyl (C=O) groups is 2. The molecule has 1 aromatic carbocycles. The minimum Gasteiger partial charge on any atom is -0.350 e. The Kier molecular flexibility index (Phi) is 5.99. The average molecular weight is 418 g/mol. The van der Waals surface area contributed by atoms with Crippen molar-refractivity contribution < 1.29 is 14.8 Å². The summed E-state index contributed by atoms with van der Waals surface area (Å²) in [6, 6.07) is 5.50. The van der Waals surface area contributed by atoms with Gasteiger partial charge < -0.3 is 5.32 Å². The van der Waals surface area contributed by atoms with Crippen LogP contribution in [0, 0.1) is 5.92 Å². The Morgan fingerprint density at radius 1 is 1.32 bits per heavy atom. The van der Waals surface area contributed by atoms with Gasteiger partial charge in [0.05, 0.1) is 12.2 Å². The molecule has 0 saturated heterocycles. The summed E-state index contributed by atoms with van der Waals surface area (Å²) in [5.41, 5.74) is 2.25. The van der Waals surface area contributed by atoms with Crippen molar-refractivity contribution in [3.05, 3.63) is 45.4 Å². The van der Waals surface area contributed by atoms with E-state index >= 15 is 0 Å². The van der Waals surface area contributed by atoms with Crippen molar-refractivity contribution in [3.8, 4) is 0 Å². The van der Waals surface area contributed by atoms with Crippen LogP contribution in [0.1, 0.15) is 63.5 Å². The molecule has 1 aliphatic heterocycles. The van der Waals surface area contributed by atoms with Gasteiger partial charge >= 0.3 is 0 Å². The second-order valence-electron chi connectivity index (χ2n) is 7.29. The van der Waals surface area contributed by atoms with E-state index in [1.165, 1.54) is 43.4 Å². The minimum atomic E-state index is -0.358. The Hall–Kier alpha value is -1.90. The van der Waals surface area contributed by atoms with Gasteiger partial charge in [0.1, 0.15) is 0 Å². The molecule has 0 unspecified atom stereocenters. The first-order valence-corrected chi connectivity index (χ1v) is 11.5. The number of amides is 2. The van der Waals surface area contributed by atoms with E-state index < -0.39 is 0 Å². The molecule has 2 amide bonds. The fourth-order valence-electron chi connectivity index (χ4n) is 3.76. The highest BCUT2D eigenvalue weighted by Gasteiger charge is 2.28. The lowest BCUT2D eigenvalue weighted by molar-refractivity contribution is -0.0581. The molecule has 0 spiro atoms. The zero-order chi connectivity index (χ0) is 19.5. The van der Waals surface area contributed by atoms with Crippen molar-refractivity contribution >= 4 is 34.9 Å². The highest BCUT2D eigenvalue weighted by atomic mass is 32.2. The molecule has 1 saturated carbocycles. The fourth-order valence-corrected chi connectivity index (χ4v) is 5.57. The Labute approximate surface area is 172 Å². The number of nitrogens with zero attached hydrogens (tertiary/aromatic N) is 2. The van der Waals surface area contributed by atoms with Crippen LogP contribution in [0.2, 0.25) is 0 Å². The SMILES string of the molecule is O=C(NCC1CCCCC1)c1nc(CSc2cccc3c2CN(O)C3=O)cs1. The van der Waals surface area contributed by atoms with Gasteiger partial charge in [0.25, 0.3) is 11.8 Å². The fraction of sp³-hybridized carbons (Fsp3) is 0.450. The molecule has 2 N–H and O–H groups in total. The second-order valence-corrected chi connectivity index (χ2v) is 9.17. The lowest BCUT2D eigenvalue weighted by Crippen LogP contribution is -2.30. The standard InChI is InChI=1S/C20H23N3O3S2/c24-18(21-9-13-5-2-1-3-6-13)19-22-14(12-28-19)11-27-17-8-4-7-15-16(17)10-23(26)20(15)25/h4,7-8,12-13,26H,1-3,5-6,9-11H2,(H,21,24). The maximum Gasteiger partial charge on any atom is 0.280 e. The number of fused-ring (bicyclic) bond motifs is 1. The van der Waals surface area contributed by atoms with E-state index in [1.54, 1.807) is 17.8 Å². The van der Waals surface area contributed by atoms with Crippen LogP contribution in [0.5, 0.6) is 0 Å². The van der Waals surface area contributed by atoms with Crippen molar-refractivity contribution in [1.29, 1.82) is 0 Å². The van der Waals surface area contributed by atoms with E-state index in [2.05, 4.69) is 10.3 Å². The Bertz CT molecular complexity index is 877. The summed E-state index contributed by atoms with van der Waals surface area (Å²) in [5.74, 6) is 0.765. The third-order valence-electron chi connectivity index (χ3n) is 5.30. The molecule has 2 heterocycles. The number of hydrogen-bond donors (Lipinski definition) is 2. The van der Waals surface area contributed by atoms with Crippen LogP contribution in [0.15, 0.2) is 28.5 Å². The minimum absolute atomic E-state index is 0.0889. The summed E-state index contributed by atoms with van der Waals surface area (Å²) in [4.78, 5) is 29.7. The van der Waals surface area contributed by atoms with Crippen LogP contribution in [0.25, 0.3) is 0 Å². The second kappa shape index (κ2) is 8.63. The largest absolute Gasteiger partial charge is 0.350 e. The molecule has 148 valence electrons. The molecule has 2 aromatic rings. The molecule has 4 rings (SSSR count). The van der Waals surface area contributed by atoms with Gasteiger partial charge in [-0.05, 0) is 30.9 Å². The van der Waals surface area contributed by atoms with Crippen LogP contribution >= 0.6 is 23.1 Å². The molecule has 0 radical (unpaired) electrons. The first-order valence-electron chi connectivity index (χ1n) is 9.60. The summed E-state index contributed by atoms with van der Waals surface area (Å²) in [7, 11) is 0. The van der Waals surface area contributed by atoms with Crippen molar-refractivity contribution in [2.45, 2.75) is 49.3 Å². The molecular weight excluding hydrogens is 394 g/mol. The van der Waals surface area contributed by atoms with Crippen molar-refractivity contribution in [1.82, 2.24) is 15.4 Å². The molecule has 0 atom stereocenters. The van der Waals surface area contributed by atoms with Gasteiger partial charge in [-0.1, -0.05) is 25.3 Å². The first kappa shape index (κ1) is 19.4. The average Bonchev–Trinajstić information content (AvgIpc) is 3.31. The topological polar surface area (TPSA) is 82.5 Å². The highest BCUT2D eigenvalue weighted by molar-refractivity contribution is 7.98. The highest BCUT2D eigenvalue weighted by Crippen LogP contribution is 2.33. The molecule has 1 aliphatic carbocycles. The molecule has 8 heteroatoms. The number of nitrogens with one attached hydrogen (secondary N) is 1. The Morgan fingerprint density at radius 3 is 2.96 bits per heavy atom. The zero-order valence-electron chi connectivity index (χ0n) is 15.5. The van der Waals surface area contributed by atoms with Crippen LogP contribution < -0.4 is 5.32 Å². The molecule has 2 aliphatic rings. The maximum absolute atomic E-state index is 12.4. The Morgan fingerprint density at radius 2 is 2.14 bits per heavy atom. The normalized spacial score (nSPS) is 17.0. The summed E-state index contributed by atoms with van der Waals surface area (Å²) >= 11 is 2.93. The number of rotatable bonds is 6. The van der Waals surface area contributed by atoms with E-state index in [4.69, 9.17) is 0 Å². The molecule has 28 heavy (non-hydrogen) atoms. The van der Waals surface area contributed by atoms with Crippen molar-refractivity contribution in [2.75, 3.05) is 6.54 Å². The lowest BCUT2D eigenvalue weighted by Gasteiger charge is -2.21. The van der Waals surface area contributed by atoms with E-state index in [-0.39, 0.29) is 18.4 Å². The maximum atomic E-state index is 12.4. The predicted molar refractivity (Wildman–Crippen MR) is 109 cm³/mol. The van der Waals surface area contributed by atoms with Gasteiger partial charge in [0.2, 0.25) is 0 Å². The van der Waals surface area contributed by atoms with Gasteiger partial charge in [-0.3, -0.25) is 14.8 Å². The summed E-state index contributed by atoms with van der Waals surface area (Å²) in [6.07, 6.45) is 6.25. The van der Waals surface area contributed by atoms with Crippen molar-refractivity contribution in [3.63, 3.8) is 0 Å². The third kappa shape index (κ3) is 4.24. The number of thiazole rings is 1. The number of hydroxylamine groups is 2. The number of benzene rings is 1. The summed E-state index contributed by atoms with van der Waals surface area (Å²) in [6.45, 7) is 0.952. The van der Waals surface area contributed by atoms with Gasteiger partial charge in [-0.25, -0.2) is 10.0 Å². The monoisotopic (exact) mass is 417 g/mol. The molecule has 1 fully saturated rings. The van der Waals surface area contributed by atoms with E-state index in [9.17, 15) is 14.8 Å². The number of hydrogen-bond acceptors (Lipinski definition) is 6. The van der Waals surface area contributed by atoms with Crippen LogP contribution in [0.4, 0.5) is 0 Å². The number of carbonyl (C=O) groups excluding carboxylic acids is 2. The van der Waals surface area contributed by atoms with Gasteiger partial charge in [-0.2, -0.15) is 0 Å². The zero-order valence-corrected chi connectivity index (χ0v) is 17.2. The first-order chi connectivity index (χ1) is 13.6. The molecular formula is C20H23N3O3S2. The molecule has 0 bridgehead atoms. The van der Waals surface area contributed by atoms with Gasteiger partial charge in [0, 0.05) is 33.7 Å². The lowest BCUT2D eigenvalue weighted by atomic mass is 9.89. The quantitative estimate of drug-likeness (QED) is 0.546. The van der Waals surface area contributed by atoms with Gasteiger partial charge in [0.15, 0.2) is 5.01 Å². The van der Waals surface area contributed by atoms with Gasteiger partial charge in [-0.15, -0.1) is 23.1 Å². The molecule has 1 aromatic heterocycles. The Balaban J connectivity index is 1.33. The van der Waals surface area contributed by atoms with Crippen LogP contribution in [-0.2, 0) is 12.3 Å². The smallest absolute Gasteiger partial charge is 0.280 e. The van der Waals surface area contributed by atoms with E-state index in [0.29, 0.717) is 22.2 Å². The predicted octanol–water partition coefficient (Wildman–Crippen LogP) is 4.09. The van der Waals surface area contributed by atoms with Crippen LogP contribution in [0.3, 0.4) is 0 Å². The molecule has 6 nitrogen and oxygen atoms in total. The van der Waals surface area contributed by atoms with E-state index in [0.717, 1.165) is 27.8 Å². The number of aromatic nitrogens is 1. The van der Waals surface area contributed by atoms with Crippen molar-refractivity contribution in [2.24, 2.45) is 5.92 Å². The van der Waals surface area contributed by atoms with Crippen LogP contribution in [-0.4, -0.2) is 33.6 Å². The number of thioether (sulfide) groups is 1.